The van der Waals surface area contributed by atoms with Crippen LogP contribution in [0.1, 0.15) is 11.1 Å². The molecule has 0 atom stereocenters. The van der Waals surface area contributed by atoms with E-state index >= 15 is 0 Å². The molecule has 0 aliphatic carbocycles. The van der Waals surface area contributed by atoms with Crippen molar-refractivity contribution in [3.8, 4) is 17.2 Å². The third-order valence-electron chi connectivity index (χ3n) is 4.55. The van der Waals surface area contributed by atoms with Gasteiger partial charge in [-0.05, 0) is 81.8 Å². The average molecular weight is 670 g/mol. The fourth-order valence-corrected chi connectivity index (χ4v) is 4.86. The normalized spacial score (nSPS) is 11.6. The number of benzene rings is 3. The highest BCUT2D eigenvalue weighted by molar-refractivity contribution is 14.1. The molecular formula is C25H17F6IO5S. The topological polar surface area (TPSA) is 65.0 Å². The van der Waals surface area contributed by atoms with E-state index in [0.29, 0.717) is 14.9 Å². The minimum absolute atomic E-state index is 0.281. The van der Waals surface area contributed by atoms with Gasteiger partial charge in [0.25, 0.3) is 0 Å². The minimum Gasteiger partial charge on any atom is -0.481 e. The first-order valence-electron chi connectivity index (χ1n) is 10.5. The first-order chi connectivity index (χ1) is 17.8. The number of carboxylic acid groups (broad SMARTS) is 1. The molecule has 0 aliphatic rings. The molecule has 13 heteroatoms. The number of aliphatic carboxylic acids is 1. The average Bonchev–Trinajstić information content (AvgIpc) is 2.79. The fourth-order valence-electron chi connectivity index (χ4n) is 3.17. The molecule has 0 unspecified atom stereocenters. The minimum atomic E-state index is -4.92. The lowest BCUT2D eigenvalue weighted by Gasteiger charge is -2.14. The monoisotopic (exact) mass is 670 g/mol. The van der Waals surface area contributed by atoms with Gasteiger partial charge in [-0.25, -0.2) is 4.79 Å². The van der Waals surface area contributed by atoms with Gasteiger partial charge >= 0.3 is 18.7 Å². The summed E-state index contributed by atoms with van der Waals surface area (Å²) in [5.74, 6) is -1.41. The maximum absolute atomic E-state index is 12.7. The van der Waals surface area contributed by atoms with E-state index in [1.807, 2.05) is 22.6 Å². The molecule has 0 bridgehead atoms. The standard InChI is InChI=1S/C25H17F6IO5S/c26-24(27,28)36-17-5-1-3-15(11-17)20(16-4-2-6-18(12-16)37-25(29,30)31)9-10-38-19-7-8-22(21(32)13-19)35-14-23(33)34/h1-9,11-13H,10,14H2,(H,33,34). The maximum Gasteiger partial charge on any atom is 0.573 e. The van der Waals surface area contributed by atoms with Gasteiger partial charge in [-0.3, -0.25) is 0 Å². The zero-order chi connectivity index (χ0) is 27.9. The Kier molecular flexibility index (Phi) is 9.82. The molecule has 0 saturated carbocycles. The van der Waals surface area contributed by atoms with Crippen LogP contribution in [0.5, 0.6) is 17.2 Å². The van der Waals surface area contributed by atoms with Crippen LogP contribution >= 0.6 is 34.4 Å². The number of alkyl halides is 6. The van der Waals surface area contributed by atoms with E-state index in [0.717, 1.165) is 29.2 Å². The molecule has 202 valence electrons. The van der Waals surface area contributed by atoms with Crippen LogP contribution in [0.4, 0.5) is 26.3 Å². The van der Waals surface area contributed by atoms with Crippen LogP contribution in [0, 0.1) is 3.57 Å². The van der Waals surface area contributed by atoms with Crippen LogP contribution < -0.4 is 14.2 Å². The van der Waals surface area contributed by atoms with Crippen molar-refractivity contribution in [3.63, 3.8) is 0 Å². The predicted octanol–water partition coefficient (Wildman–Crippen LogP) is 7.78. The molecule has 3 aromatic carbocycles. The summed E-state index contributed by atoms with van der Waals surface area (Å²) in [7, 11) is 0. The summed E-state index contributed by atoms with van der Waals surface area (Å²) in [4.78, 5) is 11.5. The molecule has 0 spiro atoms. The molecule has 0 aromatic heterocycles. The van der Waals surface area contributed by atoms with E-state index < -0.39 is 36.8 Å². The molecule has 0 fully saturated rings. The Hall–Kier alpha value is -3.07. The second kappa shape index (κ2) is 12.7. The SMILES string of the molecule is O=C(O)COc1ccc(SCC=C(c2cccc(OC(F)(F)F)c2)c2cccc(OC(F)(F)F)c2)cc1I. The quantitative estimate of drug-likeness (QED) is 0.135. The van der Waals surface area contributed by atoms with Crippen molar-refractivity contribution < 1.29 is 50.5 Å². The van der Waals surface area contributed by atoms with Gasteiger partial charge in [0.15, 0.2) is 6.61 Å². The highest BCUT2D eigenvalue weighted by Gasteiger charge is 2.32. The Labute approximate surface area is 230 Å². The summed E-state index contributed by atoms with van der Waals surface area (Å²) >= 11 is 3.32. The molecule has 0 amide bonds. The van der Waals surface area contributed by atoms with Gasteiger partial charge in [-0.2, -0.15) is 0 Å². The summed E-state index contributed by atoms with van der Waals surface area (Å²) < 4.78 is 90.3. The second-order valence-electron chi connectivity index (χ2n) is 7.35. The second-order valence-corrected chi connectivity index (χ2v) is 9.61. The number of hydrogen-bond acceptors (Lipinski definition) is 5. The van der Waals surface area contributed by atoms with E-state index in [-0.39, 0.29) is 16.9 Å². The first-order valence-corrected chi connectivity index (χ1v) is 12.5. The van der Waals surface area contributed by atoms with Crippen molar-refractivity contribution in [1.82, 2.24) is 0 Å². The molecular weight excluding hydrogens is 653 g/mol. The van der Waals surface area contributed by atoms with Gasteiger partial charge in [0.1, 0.15) is 17.2 Å². The Morgan fingerprint density at radius 2 is 1.42 bits per heavy atom. The number of rotatable bonds is 10. The van der Waals surface area contributed by atoms with Crippen molar-refractivity contribution in [3.05, 3.63) is 87.5 Å². The van der Waals surface area contributed by atoms with E-state index in [2.05, 4.69) is 9.47 Å². The smallest absolute Gasteiger partial charge is 0.481 e. The van der Waals surface area contributed by atoms with Gasteiger partial charge in [-0.1, -0.05) is 30.3 Å². The Balaban J connectivity index is 1.90. The Bertz CT molecular complexity index is 1250. The maximum atomic E-state index is 12.7. The van der Waals surface area contributed by atoms with Crippen LogP contribution in [-0.2, 0) is 4.79 Å². The summed E-state index contributed by atoms with van der Waals surface area (Å²) in [5.41, 5.74) is 0.917. The van der Waals surface area contributed by atoms with Crippen LogP contribution in [0.3, 0.4) is 0 Å². The van der Waals surface area contributed by atoms with E-state index in [4.69, 9.17) is 9.84 Å². The van der Waals surface area contributed by atoms with Crippen LogP contribution in [0.2, 0.25) is 0 Å². The zero-order valence-corrected chi connectivity index (χ0v) is 22.0. The third kappa shape index (κ3) is 9.67. The van der Waals surface area contributed by atoms with Crippen molar-refractivity contribution in [1.29, 1.82) is 0 Å². The predicted molar refractivity (Wildman–Crippen MR) is 136 cm³/mol. The molecule has 1 N–H and O–H groups in total. The molecule has 0 radical (unpaired) electrons. The number of thioether (sulfide) groups is 1. The molecule has 0 heterocycles. The van der Waals surface area contributed by atoms with E-state index in [1.54, 1.807) is 24.3 Å². The zero-order valence-electron chi connectivity index (χ0n) is 19.0. The van der Waals surface area contributed by atoms with E-state index in [1.165, 1.54) is 36.0 Å². The summed E-state index contributed by atoms with van der Waals surface area (Å²) in [6.07, 6.45) is -8.18. The van der Waals surface area contributed by atoms with Crippen molar-refractivity contribution in [2.75, 3.05) is 12.4 Å². The molecule has 0 saturated heterocycles. The number of halogens is 7. The summed E-state index contributed by atoms with van der Waals surface area (Å²) in [6, 6.07) is 15.3. The number of hydrogen-bond donors (Lipinski definition) is 1. The van der Waals surface area contributed by atoms with Gasteiger partial charge in [0.05, 0.1) is 3.57 Å². The Morgan fingerprint density at radius 3 is 1.89 bits per heavy atom. The largest absolute Gasteiger partial charge is 0.573 e. The molecule has 3 aromatic rings. The van der Waals surface area contributed by atoms with Gasteiger partial charge in [0.2, 0.25) is 0 Å². The van der Waals surface area contributed by atoms with Crippen molar-refractivity contribution in [2.24, 2.45) is 0 Å². The third-order valence-corrected chi connectivity index (χ3v) is 6.31. The van der Waals surface area contributed by atoms with Crippen molar-refractivity contribution in [2.45, 2.75) is 17.6 Å². The van der Waals surface area contributed by atoms with Crippen LogP contribution in [0.25, 0.3) is 5.57 Å². The van der Waals surface area contributed by atoms with E-state index in [9.17, 15) is 31.1 Å². The highest BCUT2D eigenvalue weighted by atomic mass is 127. The molecule has 0 aliphatic heterocycles. The van der Waals surface area contributed by atoms with Crippen LogP contribution in [-0.4, -0.2) is 36.2 Å². The van der Waals surface area contributed by atoms with Crippen LogP contribution in [0.15, 0.2) is 77.7 Å². The molecule has 3 rings (SSSR count). The Morgan fingerprint density at radius 1 is 0.868 bits per heavy atom. The molecule has 38 heavy (non-hydrogen) atoms. The number of ether oxygens (including phenoxy) is 3. The lowest BCUT2D eigenvalue weighted by atomic mass is 9.97. The number of carbonyl (C=O) groups is 1. The lowest BCUT2D eigenvalue weighted by molar-refractivity contribution is -0.275. The molecule has 5 nitrogen and oxygen atoms in total. The summed E-state index contributed by atoms with van der Waals surface area (Å²) in [5, 5.41) is 8.76. The van der Waals surface area contributed by atoms with Crippen molar-refractivity contribution >= 4 is 45.9 Å². The summed E-state index contributed by atoms with van der Waals surface area (Å²) in [6.45, 7) is -0.497. The lowest BCUT2D eigenvalue weighted by Crippen LogP contribution is -2.17. The number of carboxylic acids is 1. The van der Waals surface area contributed by atoms with Gasteiger partial charge < -0.3 is 19.3 Å². The first kappa shape index (κ1) is 29.5. The van der Waals surface area contributed by atoms with Gasteiger partial charge in [-0.15, -0.1) is 38.1 Å². The highest BCUT2D eigenvalue weighted by Crippen LogP contribution is 2.34. The fraction of sp³-hybridized carbons (Fsp3) is 0.160. The van der Waals surface area contributed by atoms with Gasteiger partial charge in [0, 0.05) is 10.6 Å².